The lowest BCUT2D eigenvalue weighted by Gasteiger charge is -2.32. The Bertz CT molecular complexity index is 1230. The van der Waals surface area contributed by atoms with E-state index in [9.17, 15) is 23.2 Å². The van der Waals surface area contributed by atoms with E-state index in [1.54, 1.807) is 4.90 Å². The Hall–Kier alpha value is -3.72. The smallest absolute Gasteiger partial charge is 0.396 e. The molecular formula is C22H22F3N7O2. The van der Waals surface area contributed by atoms with Crippen LogP contribution in [0.2, 0.25) is 0 Å². The van der Waals surface area contributed by atoms with Gasteiger partial charge in [-0.3, -0.25) is 4.79 Å². The van der Waals surface area contributed by atoms with E-state index in [-0.39, 0.29) is 53.1 Å². The van der Waals surface area contributed by atoms with Crippen LogP contribution in [0.1, 0.15) is 30.4 Å². The maximum Gasteiger partial charge on any atom is 0.417 e. The summed E-state index contributed by atoms with van der Waals surface area (Å²) in [7, 11) is 0. The number of amides is 1. The van der Waals surface area contributed by atoms with Crippen LogP contribution in [0.4, 0.5) is 19.1 Å². The first-order valence-electron chi connectivity index (χ1n) is 10.7. The van der Waals surface area contributed by atoms with E-state index in [1.807, 2.05) is 6.07 Å². The predicted molar refractivity (Wildman–Crippen MR) is 116 cm³/mol. The number of pyridine rings is 1. The van der Waals surface area contributed by atoms with E-state index in [0.29, 0.717) is 25.2 Å². The largest absolute Gasteiger partial charge is 0.417 e. The molecule has 1 amide bonds. The lowest BCUT2D eigenvalue weighted by molar-refractivity contribution is -0.137. The van der Waals surface area contributed by atoms with Crippen LogP contribution in [0.3, 0.4) is 0 Å². The first kappa shape index (κ1) is 23.4. The number of piperidine rings is 1. The summed E-state index contributed by atoms with van der Waals surface area (Å²) in [6.45, 7) is 1.59. The zero-order chi connectivity index (χ0) is 24.3. The first-order valence-corrected chi connectivity index (χ1v) is 10.7. The number of anilines is 1. The molecule has 1 aliphatic rings. The fourth-order valence-electron chi connectivity index (χ4n) is 3.98. The molecule has 0 atom stereocenters. The summed E-state index contributed by atoms with van der Waals surface area (Å²) >= 11 is 0. The number of hydrogen-bond acceptors (Lipinski definition) is 7. The molecule has 4 rings (SSSR count). The molecule has 1 fully saturated rings. The molecule has 34 heavy (non-hydrogen) atoms. The van der Waals surface area contributed by atoms with Gasteiger partial charge in [0.1, 0.15) is 11.7 Å². The van der Waals surface area contributed by atoms with Crippen molar-refractivity contribution in [2.45, 2.75) is 25.4 Å². The maximum absolute atomic E-state index is 13.2. The van der Waals surface area contributed by atoms with Gasteiger partial charge >= 0.3 is 6.18 Å². The molecular weight excluding hydrogens is 451 g/mol. The third kappa shape index (κ3) is 4.94. The molecule has 3 aromatic heterocycles. The van der Waals surface area contributed by atoms with Gasteiger partial charge in [-0.1, -0.05) is 0 Å². The number of likely N-dealkylation sites (tertiary alicyclic amines) is 1. The Morgan fingerprint density at radius 2 is 2.06 bits per heavy atom. The lowest BCUT2D eigenvalue weighted by Crippen LogP contribution is -2.40. The quantitative estimate of drug-likeness (QED) is 0.502. The Balaban J connectivity index is 1.51. The molecule has 12 heteroatoms. The molecule has 0 spiro atoms. The highest BCUT2D eigenvalue weighted by atomic mass is 19.4. The highest BCUT2D eigenvalue weighted by Gasteiger charge is 2.32. The number of halogens is 3. The average molecular weight is 473 g/mol. The fourth-order valence-corrected chi connectivity index (χ4v) is 3.98. The van der Waals surface area contributed by atoms with Crippen LogP contribution in [0.5, 0.6) is 0 Å². The van der Waals surface area contributed by atoms with Crippen molar-refractivity contribution in [3.8, 4) is 17.3 Å². The van der Waals surface area contributed by atoms with Gasteiger partial charge < -0.3 is 20.3 Å². The number of fused-ring (bicyclic) bond motifs is 1. The fraction of sp³-hybridized carbons (Fsp3) is 0.409. The Morgan fingerprint density at radius 3 is 2.74 bits per heavy atom. The van der Waals surface area contributed by atoms with Gasteiger partial charge in [-0.15, -0.1) is 0 Å². The second-order valence-electron chi connectivity index (χ2n) is 8.07. The SMILES string of the molecule is N#Cc1cnc(NCC2CCN(C(=O)CCO)CC2)nc1-c1c[nH]c2ncc(C(F)(F)F)cc12. The third-order valence-electron chi connectivity index (χ3n) is 5.86. The van der Waals surface area contributed by atoms with E-state index >= 15 is 0 Å². The van der Waals surface area contributed by atoms with Gasteiger partial charge in [0.05, 0.1) is 29.6 Å². The number of alkyl halides is 3. The molecule has 0 aliphatic carbocycles. The molecule has 0 saturated carbocycles. The number of hydrogen-bond donors (Lipinski definition) is 3. The average Bonchev–Trinajstić information content (AvgIpc) is 3.26. The van der Waals surface area contributed by atoms with Crippen molar-refractivity contribution in [2.75, 3.05) is 31.6 Å². The van der Waals surface area contributed by atoms with E-state index in [1.165, 1.54) is 12.4 Å². The summed E-state index contributed by atoms with van der Waals surface area (Å²) in [6.07, 6.45) is 0.695. The van der Waals surface area contributed by atoms with Crippen LogP contribution in [-0.2, 0) is 11.0 Å². The van der Waals surface area contributed by atoms with Gasteiger partial charge in [-0.2, -0.15) is 18.4 Å². The molecule has 4 heterocycles. The Labute approximate surface area is 192 Å². The van der Waals surface area contributed by atoms with Crippen LogP contribution in [0.25, 0.3) is 22.3 Å². The minimum absolute atomic E-state index is 0.0594. The zero-order valence-electron chi connectivity index (χ0n) is 18.1. The zero-order valence-corrected chi connectivity index (χ0v) is 18.1. The summed E-state index contributed by atoms with van der Waals surface area (Å²) < 4.78 is 39.5. The molecule has 1 aliphatic heterocycles. The predicted octanol–water partition coefficient (Wildman–Crippen LogP) is 2.94. The molecule has 178 valence electrons. The molecule has 3 aromatic rings. The molecule has 0 unspecified atom stereocenters. The molecule has 3 N–H and O–H groups in total. The summed E-state index contributed by atoms with van der Waals surface area (Å²) in [5.74, 6) is 0.463. The summed E-state index contributed by atoms with van der Waals surface area (Å²) in [6, 6.07) is 2.97. The van der Waals surface area contributed by atoms with Crippen LogP contribution in [0.15, 0.2) is 24.7 Å². The number of rotatable bonds is 6. The topological polar surface area (TPSA) is 131 Å². The molecule has 0 radical (unpaired) electrons. The second-order valence-corrected chi connectivity index (χ2v) is 8.07. The molecule has 1 saturated heterocycles. The number of nitriles is 1. The number of nitrogens with one attached hydrogen (secondary N) is 2. The number of H-pyrrole nitrogens is 1. The highest BCUT2D eigenvalue weighted by Crippen LogP contribution is 2.34. The number of nitrogens with zero attached hydrogens (tertiary/aromatic N) is 5. The van der Waals surface area contributed by atoms with Crippen molar-refractivity contribution in [3.05, 3.63) is 35.8 Å². The third-order valence-corrected chi connectivity index (χ3v) is 5.86. The van der Waals surface area contributed by atoms with E-state index in [2.05, 4.69) is 25.3 Å². The molecule has 0 aromatic carbocycles. The van der Waals surface area contributed by atoms with E-state index in [0.717, 1.165) is 25.1 Å². The number of aromatic amines is 1. The number of carbonyl (C=O) groups is 1. The van der Waals surface area contributed by atoms with Crippen molar-refractivity contribution < 1.29 is 23.1 Å². The summed E-state index contributed by atoms with van der Waals surface area (Å²) in [5.41, 5.74) is 0.0146. The van der Waals surface area contributed by atoms with Crippen molar-refractivity contribution in [1.82, 2.24) is 24.8 Å². The van der Waals surface area contributed by atoms with Gasteiger partial charge in [0, 0.05) is 49.4 Å². The van der Waals surface area contributed by atoms with Crippen LogP contribution >= 0.6 is 0 Å². The molecule has 9 nitrogen and oxygen atoms in total. The van der Waals surface area contributed by atoms with Gasteiger partial charge in [0.2, 0.25) is 11.9 Å². The minimum Gasteiger partial charge on any atom is -0.396 e. The second kappa shape index (κ2) is 9.64. The van der Waals surface area contributed by atoms with Gasteiger partial charge in [0.25, 0.3) is 0 Å². The Kier molecular flexibility index (Phi) is 6.65. The molecule has 0 bridgehead atoms. The number of aliphatic hydroxyl groups is 1. The highest BCUT2D eigenvalue weighted by molar-refractivity contribution is 5.94. The van der Waals surface area contributed by atoms with Gasteiger partial charge in [0.15, 0.2) is 0 Å². The summed E-state index contributed by atoms with van der Waals surface area (Å²) in [4.78, 5) is 28.9. The number of carbonyl (C=O) groups excluding carboxylic acids is 1. The minimum atomic E-state index is -4.55. The number of aliphatic hydroxyl groups excluding tert-OH is 1. The van der Waals surface area contributed by atoms with Crippen molar-refractivity contribution in [1.29, 1.82) is 5.26 Å². The normalized spacial score (nSPS) is 14.9. The van der Waals surface area contributed by atoms with Crippen molar-refractivity contribution in [2.24, 2.45) is 5.92 Å². The van der Waals surface area contributed by atoms with Crippen molar-refractivity contribution >= 4 is 22.9 Å². The maximum atomic E-state index is 13.2. The van der Waals surface area contributed by atoms with E-state index in [4.69, 9.17) is 5.11 Å². The first-order chi connectivity index (χ1) is 16.3. The summed E-state index contributed by atoms with van der Waals surface area (Å²) in [5, 5.41) is 21.8. The monoisotopic (exact) mass is 473 g/mol. The van der Waals surface area contributed by atoms with E-state index < -0.39 is 11.7 Å². The van der Waals surface area contributed by atoms with Crippen molar-refractivity contribution in [3.63, 3.8) is 0 Å². The Morgan fingerprint density at radius 1 is 1.29 bits per heavy atom. The van der Waals surface area contributed by atoms with Crippen LogP contribution in [0, 0.1) is 17.2 Å². The lowest BCUT2D eigenvalue weighted by atomic mass is 9.96. The van der Waals surface area contributed by atoms with Crippen LogP contribution in [-0.4, -0.2) is 62.1 Å². The number of aromatic nitrogens is 4. The standard InChI is InChI=1S/C22H22F3N7O2/c23-22(24,25)15-7-16-17(12-28-20(16)27-11-15)19-14(8-26)10-30-21(31-19)29-9-13-1-4-32(5-2-13)18(34)3-6-33/h7,10-13,33H,1-6,9H2,(H,27,28)(H,29,30,31). The van der Waals surface area contributed by atoms with Gasteiger partial charge in [-0.05, 0) is 24.8 Å². The van der Waals surface area contributed by atoms with Gasteiger partial charge in [-0.25, -0.2) is 15.0 Å². The van der Waals surface area contributed by atoms with Crippen LogP contribution < -0.4 is 5.32 Å².